The number of nitrogens with zero attached hydrogens (tertiary/aromatic N) is 1. The van der Waals surface area contributed by atoms with Crippen molar-refractivity contribution in [2.24, 2.45) is 0 Å². The van der Waals surface area contributed by atoms with E-state index in [-0.39, 0.29) is 36.0 Å². The van der Waals surface area contributed by atoms with Gasteiger partial charge >= 0.3 is 0 Å². The fraction of sp³-hybridized carbons (Fsp3) is 0.455. The fourth-order valence-corrected chi connectivity index (χ4v) is 1.46. The first-order valence-electron chi connectivity index (χ1n) is 6.65. The van der Waals surface area contributed by atoms with Crippen LogP contribution in [0.1, 0.15) is 21.5 Å². The molecule has 2 rings (SSSR count). The smallest absolute Gasteiger partial charge is 0.269 e. The van der Waals surface area contributed by atoms with Crippen LogP contribution in [0.5, 0.6) is 5.75 Å². The lowest BCUT2D eigenvalue weighted by Crippen LogP contribution is -2.58. The van der Waals surface area contributed by atoms with Gasteiger partial charge in [0.05, 0.1) is 0 Å². The highest BCUT2D eigenvalue weighted by atomic mass is 35.5. The fourth-order valence-electron chi connectivity index (χ4n) is 1.46. The molecule has 1 amide bonds. The van der Waals surface area contributed by atoms with Crippen LogP contribution in [0.4, 0.5) is 4.39 Å². The zero-order valence-corrected chi connectivity index (χ0v) is 10.4. The SMILES string of the molecule is Cl.[2H]C([2H])([2H])NC(=O)c1ccc(O[C@H]2CN[C@@H]2C)c(F)n1. The predicted octanol–water partition coefficient (Wildman–Crippen LogP) is 0.741. The van der Waals surface area contributed by atoms with E-state index in [0.29, 0.717) is 6.54 Å². The van der Waals surface area contributed by atoms with Crippen LogP contribution < -0.4 is 15.4 Å². The summed E-state index contributed by atoms with van der Waals surface area (Å²) < 4.78 is 39.8. The quantitative estimate of drug-likeness (QED) is 0.801. The number of ether oxygens (including phenoxy) is 1. The molecule has 0 aromatic carbocycles. The summed E-state index contributed by atoms with van der Waals surface area (Å²) in [5, 5.41) is 4.79. The van der Waals surface area contributed by atoms with Gasteiger partial charge in [-0.25, -0.2) is 4.98 Å². The number of hydrogen-bond donors (Lipinski definition) is 2. The van der Waals surface area contributed by atoms with Crippen LogP contribution in [0.2, 0.25) is 0 Å². The molecule has 0 bridgehead atoms. The van der Waals surface area contributed by atoms with Gasteiger partial charge in [-0.3, -0.25) is 4.79 Å². The van der Waals surface area contributed by atoms with E-state index >= 15 is 0 Å². The Morgan fingerprint density at radius 2 is 2.50 bits per heavy atom. The number of hydrogen-bond acceptors (Lipinski definition) is 4. The molecule has 100 valence electrons. The summed E-state index contributed by atoms with van der Waals surface area (Å²) in [4.78, 5) is 14.9. The Kier molecular flexibility index (Phi) is 3.49. The Labute approximate surface area is 115 Å². The summed E-state index contributed by atoms with van der Waals surface area (Å²) in [6.07, 6.45) is -0.145. The van der Waals surface area contributed by atoms with E-state index in [1.165, 1.54) is 12.1 Å². The van der Waals surface area contributed by atoms with E-state index in [9.17, 15) is 9.18 Å². The topological polar surface area (TPSA) is 63.2 Å². The summed E-state index contributed by atoms with van der Waals surface area (Å²) in [5.41, 5.74) is -0.314. The molecule has 1 saturated heterocycles. The van der Waals surface area contributed by atoms with E-state index in [2.05, 4.69) is 10.3 Å². The van der Waals surface area contributed by atoms with Crippen molar-refractivity contribution < 1.29 is 18.0 Å². The van der Waals surface area contributed by atoms with Crippen LogP contribution in [0, 0.1) is 5.95 Å². The molecule has 18 heavy (non-hydrogen) atoms. The second kappa shape index (κ2) is 5.97. The Balaban J connectivity index is 0.00000220. The highest BCUT2D eigenvalue weighted by molar-refractivity contribution is 5.92. The third-order valence-corrected chi connectivity index (χ3v) is 2.64. The van der Waals surface area contributed by atoms with Gasteiger partial charge in [-0.05, 0) is 19.1 Å². The molecule has 7 heteroatoms. The van der Waals surface area contributed by atoms with Crippen molar-refractivity contribution in [2.75, 3.05) is 13.5 Å². The van der Waals surface area contributed by atoms with Gasteiger partial charge in [-0.2, -0.15) is 4.39 Å². The lowest BCUT2D eigenvalue weighted by Gasteiger charge is -2.35. The molecule has 2 atom stereocenters. The molecule has 1 aromatic rings. The molecule has 1 aliphatic heterocycles. The zero-order chi connectivity index (χ0) is 14.9. The summed E-state index contributed by atoms with van der Waals surface area (Å²) in [6, 6.07) is 2.60. The van der Waals surface area contributed by atoms with Crippen molar-refractivity contribution in [1.29, 1.82) is 0 Å². The molecule has 0 saturated carbocycles. The van der Waals surface area contributed by atoms with E-state index in [0.717, 1.165) is 0 Å². The largest absolute Gasteiger partial charge is 0.483 e. The zero-order valence-electron chi connectivity index (χ0n) is 12.6. The van der Waals surface area contributed by atoms with Crippen molar-refractivity contribution in [3.63, 3.8) is 0 Å². The molecule has 1 fully saturated rings. The third-order valence-electron chi connectivity index (χ3n) is 2.64. The first-order chi connectivity index (χ1) is 9.26. The van der Waals surface area contributed by atoms with Crippen LogP contribution in [-0.4, -0.2) is 36.6 Å². The van der Waals surface area contributed by atoms with Gasteiger partial charge in [0.2, 0.25) is 0 Å². The molecule has 2 N–H and O–H groups in total. The van der Waals surface area contributed by atoms with Crippen LogP contribution >= 0.6 is 12.4 Å². The molecule has 0 unspecified atom stereocenters. The Bertz CT molecular complexity index is 530. The van der Waals surface area contributed by atoms with E-state index < -0.39 is 18.8 Å². The number of carbonyl (C=O) groups is 1. The first kappa shape index (κ1) is 10.5. The average Bonchev–Trinajstić information content (AvgIpc) is 2.33. The summed E-state index contributed by atoms with van der Waals surface area (Å²) in [6.45, 7) is -0.128. The van der Waals surface area contributed by atoms with Gasteiger partial charge in [0.25, 0.3) is 11.9 Å². The van der Waals surface area contributed by atoms with Gasteiger partial charge in [-0.1, -0.05) is 0 Å². The first-order valence-corrected chi connectivity index (χ1v) is 5.15. The predicted molar refractivity (Wildman–Crippen MR) is 66.7 cm³/mol. The number of amides is 1. The number of pyridine rings is 1. The Hall–Kier alpha value is -1.40. The molecule has 0 aliphatic carbocycles. The van der Waals surface area contributed by atoms with Crippen LogP contribution in [0.15, 0.2) is 12.1 Å². The van der Waals surface area contributed by atoms with Crippen LogP contribution in [0.3, 0.4) is 0 Å². The summed E-state index contributed by atoms with van der Waals surface area (Å²) in [7, 11) is 0. The van der Waals surface area contributed by atoms with Crippen LogP contribution in [-0.2, 0) is 0 Å². The number of halogens is 2. The molecule has 5 nitrogen and oxygen atoms in total. The molecule has 0 radical (unpaired) electrons. The summed E-state index contributed by atoms with van der Waals surface area (Å²) >= 11 is 0. The van der Waals surface area contributed by atoms with Gasteiger partial charge in [0.1, 0.15) is 11.8 Å². The number of carbonyl (C=O) groups excluding carboxylic acids is 1. The van der Waals surface area contributed by atoms with Crippen molar-refractivity contribution in [3.05, 3.63) is 23.8 Å². The maximum atomic E-state index is 13.7. The van der Waals surface area contributed by atoms with Gasteiger partial charge in [0, 0.05) is 23.7 Å². The second-order valence-corrected chi connectivity index (χ2v) is 3.79. The van der Waals surface area contributed by atoms with Crippen molar-refractivity contribution in [3.8, 4) is 5.75 Å². The van der Waals surface area contributed by atoms with Gasteiger partial charge in [-0.15, -0.1) is 12.4 Å². The highest BCUT2D eigenvalue weighted by Crippen LogP contribution is 2.19. The number of nitrogens with one attached hydrogen (secondary N) is 2. The standard InChI is InChI=1S/C11H14FN3O2.ClH/c1-6-9(5-14-6)17-8-4-3-7(11(16)13-2)15-10(8)12;/h3-4,6,9,14H,5H2,1-2H3,(H,13,16);1H/t6-,9+;/m1./s1/i2D3;. The molecule has 1 aromatic heterocycles. The number of rotatable bonds is 3. The van der Waals surface area contributed by atoms with Crippen molar-refractivity contribution in [2.45, 2.75) is 19.1 Å². The van der Waals surface area contributed by atoms with Gasteiger partial charge in [0.15, 0.2) is 5.75 Å². The monoisotopic (exact) mass is 278 g/mol. The molecule has 0 spiro atoms. The van der Waals surface area contributed by atoms with E-state index in [1.807, 2.05) is 6.92 Å². The molecule has 1 aliphatic rings. The minimum absolute atomic E-state index is 0. The Morgan fingerprint density at radius 3 is 3.00 bits per heavy atom. The van der Waals surface area contributed by atoms with E-state index in [4.69, 9.17) is 8.85 Å². The molecular weight excluding hydrogens is 261 g/mol. The van der Waals surface area contributed by atoms with Crippen molar-refractivity contribution in [1.82, 2.24) is 15.6 Å². The van der Waals surface area contributed by atoms with Crippen LogP contribution in [0.25, 0.3) is 0 Å². The van der Waals surface area contributed by atoms with Crippen molar-refractivity contribution >= 4 is 18.3 Å². The minimum Gasteiger partial charge on any atom is -0.483 e. The number of aromatic nitrogens is 1. The highest BCUT2D eigenvalue weighted by Gasteiger charge is 2.29. The normalized spacial score (nSPS) is 24.7. The lowest BCUT2D eigenvalue weighted by molar-refractivity contribution is 0.0879. The summed E-state index contributed by atoms with van der Waals surface area (Å²) in [5.74, 6) is -1.97. The average molecular weight is 279 g/mol. The Morgan fingerprint density at radius 1 is 1.72 bits per heavy atom. The molecule has 2 heterocycles. The maximum absolute atomic E-state index is 13.7. The van der Waals surface area contributed by atoms with Gasteiger partial charge < -0.3 is 15.4 Å². The molecular formula is C11H15ClFN3O2. The second-order valence-electron chi connectivity index (χ2n) is 3.79. The third kappa shape index (κ3) is 2.88. The lowest BCUT2D eigenvalue weighted by atomic mass is 10.1. The minimum atomic E-state index is -2.64. The van der Waals surface area contributed by atoms with E-state index in [1.54, 1.807) is 5.32 Å². The maximum Gasteiger partial charge on any atom is 0.269 e.